The van der Waals surface area contributed by atoms with Crippen LogP contribution in [-0.2, 0) is 0 Å². The number of aromatic nitrogens is 1. The maximum absolute atomic E-state index is 5.83. The second-order valence-corrected chi connectivity index (χ2v) is 6.97. The van der Waals surface area contributed by atoms with Gasteiger partial charge >= 0.3 is 0 Å². The van der Waals surface area contributed by atoms with Crippen LogP contribution in [0.4, 0.5) is 6.01 Å². The molecule has 0 aliphatic heterocycles. The standard InChI is InChI=1S/C15H23N3O/c1-8(16)13-7-19-15(17-13)18-14-11-3-9-2-10(5-11)6-12(14)4-9/h7-12,14H,2-6,16H2,1H3,(H,17,18). The summed E-state index contributed by atoms with van der Waals surface area (Å²) < 4.78 is 5.53. The van der Waals surface area contributed by atoms with Gasteiger partial charge in [0.25, 0.3) is 6.01 Å². The smallest absolute Gasteiger partial charge is 0.295 e. The molecule has 0 spiro atoms. The molecule has 4 fully saturated rings. The lowest BCUT2D eigenvalue weighted by molar-refractivity contribution is 0.00677. The third kappa shape index (κ3) is 1.97. The summed E-state index contributed by atoms with van der Waals surface area (Å²) in [6.07, 6.45) is 8.81. The maximum atomic E-state index is 5.83. The monoisotopic (exact) mass is 261 g/mol. The van der Waals surface area contributed by atoms with Crippen molar-refractivity contribution in [1.29, 1.82) is 0 Å². The molecule has 1 atom stereocenters. The van der Waals surface area contributed by atoms with Gasteiger partial charge in [0.05, 0.1) is 5.69 Å². The summed E-state index contributed by atoms with van der Waals surface area (Å²) in [7, 11) is 0. The molecule has 0 saturated heterocycles. The van der Waals surface area contributed by atoms with Gasteiger partial charge in [-0.2, -0.15) is 4.98 Å². The van der Waals surface area contributed by atoms with Gasteiger partial charge in [0.15, 0.2) is 0 Å². The van der Waals surface area contributed by atoms with Crippen molar-refractivity contribution in [2.24, 2.45) is 29.4 Å². The van der Waals surface area contributed by atoms with E-state index in [0.29, 0.717) is 12.1 Å². The third-order valence-corrected chi connectivity index (χ3v) is 5.51. The van der Waals surface area contributed by atoms with Crippen molar-refractivity contribution in [1.82, 2.24) is 4.98 Å². The highest BCUT2D eigenvalue weighted by Crippen LogP contribution is 2.54. The topological polar surface area (TPSA) is 64.1 Å². The summed E-state index contributed by atoms with van der Waals surface area (Å²) in [5.41, 5.74) is 6.67. The predicted molar refractivity (Wildman–Crippen MR) is 73.6 cm³/mol. The van der Waals surface area contributed by atoms with Crippen molar-refractivity contribution in [3.8, 4) is 0 Å². The van der Waals surface area contributed by atoms with Crippen molar-refractivity contribution >= 4 is 6.01 Å². The molecule has 5 rings (SSSR count). The second-order valence-electron chi connectivity index (χ2n) is 6.97. The van der Waals surface area contributed by atoms with Gasteiger partial charge in [-0.1, -0.05) is 0 Å². The number of anilines is 1. The van der Waals surface area contributed by atoms with E-state index in [1.165, 1.54) is 32.1 Å². The van der Waals surface area contributed by atoms with E-state index in [4.69, 9.17) is 10.2 Å². The van der Waals surface area contributed by atoms with Crippen LogP contribution in [0.2, 0.25) is 0 Å². The van der Waals surface area contributed by atoms with Crippen LogP contribution in [0.25, 0.3) is 0 Å². The number of hydrogen-bond acceptors (Lipinski definition) is 4. The van der Waals surface area contributed by atoms with E-state index in [1.54, 1.807) is 6.26 Å². The average Bonchev–Trinajstić information content (AvgIpc) is 2.81. The third-order valence-electron chi connectivity index (χ3n) is 5.51. The summed E-state index contributed by atoms with van der Waals surface area (Å²) in [6, 6.07) is 1.19. The van der Waals surface area contributed by atoms with Crippen LogP contribution in [-0.4, -0.2) is 11.0 Å². The summed E-state index contributed by atoms with van der Waals surface area (Å²) in [6.45, 7) is 1.94. The first-order valence-corrected chi connectivity index (χ1v) is 7.66. The van der Waals surface area contributed by atoms with E-state index in [2.05, 4.69) is 10.3 Å². The first kappa shape index (κ1) is 11.8. The number of rotatable bonds is 3. The van der Waals surface area contributed by atoms with E-state index in [0.717, 1.165) is 29.4 Å². The minimum Gasteiger partial charge on any atom is -0.432 e. The largest absolute Gasteiger partial charge is 0.432 e. The summed E-state index contributed by atoms with van der Waals surface area (Å²) >= 11 is 0. The van der Waals surface area contributed by atoms with Crippen LogP contribution in [0.15, 0.2) is 10.7 Å². The predicted octanol–water partition coefficient (Wildman–Crippen LogP) is 2.93. The van der Waals surface area contributed by atoms with Gasteiger partial charge in [-0.05, 0) is 62.7 Å². The molecule has 3 N–H and O–H groups in total. The molecule has 104 valence electrons. The Hall–Kier alpha value is -1.03. The molecule has 4 saturated carbocycles. The van der Waals surface area contributed by atoms with Gasteiger partial charge in [-0.25, -0.2) is 0 Å². The fraction of sp³-hybridized carbons (Fsp3) is 0.800. The minimum atomic E-state index is -0.0576. The van der Waals surface area contributed by atoms with Gasteiger partial charge < -0.3 is 15.5 Å². The highest BCUT2D eigenvalue weighted by molar-refractivity contribution is 5.26. The van der Waals surface area contributed by atoms with Crippen molar-refractivity contribution < 1.29 is 4.42 Å². The molecule has 1 unspecified atom stereocenters. The molecule has 4 heteroatoms. The van der Waals surface area contributed by atoms with Gasteiger partial charge in [-0.15, -0.1) is 0 Å². The molecule has 4 bridgehead atoms. The van der Waals surface area contributed by atoms with Crippen LogP contribution in [0.5, 0.6) is 0 Å². The molecular formula is C15H23N3O. The van der Waals surface area contributed by atoms with Gasteiger partial charge in [0.2, 0.25) is 0 Å². The quantitative estimate of drug-likeness (QED) is 0.878. The molecule has 0 aromatic carbocycles. The van der Waals surface area contributed by atoms with Crippen molar-refractivity contribution in [3.05, 3.63) is 12.0 Å². The lowest BCUT2D eigenvalue weighted by Gasteiger charge is -2.54. The molecule has 0 amide bonds. The Morgan fingerprint density at radius 2 is 1.84 bits per heavy atom. The summed E-state index contributed by atoms with van der Waals surface area (Å²) in [4.78, 5) is 4.46. The number of hydrogen-bond donors (Lipinski definition) is 2. The highest BCUT2D eigenvalue weighted by atomic mass is 16.4. The lowest BCUT2D eigenvalue weighted by atomic mass is 9.54. The Morgan fingerprint density at radius 3 is 2.37 bits per heavy atom. The normalized spacial score (nSPS) is 41.5. The van der Waals surface area contributed by atoms with E-state index < -0.39 is 0 Å². The fourth-order valence-electron chi connectivity index (χ4n) is 4.87. The van der Waals surface area contributed by atoms with Gasteiger partial charge in [-0.3, -0.25) is 0 Å². The molecule has 4 nitrogen and oxygen atoms in total. The van der Waals surface area contributed by atoms with Crippen LogP contribution >= 0.6 is 0 Å². The average molecular weight is 261 g/mol. The second kappa shape index (κ2) is 4.23. The Bertz CT molecular complexity index is 440. The van der Waals surface area contributed by atoms with Gasteiger partial charge in [0.1, 0.15) is 6.26 Å². The van der Waals surface area contributed by atoms with E-state index in [1.807, 2.05) is 6.92 Å². The molecule has 19 heavy (non-hydrogen) atoms. The maximum Gasteiger partial charge on any atom is 0.295 e. The SMILES string of the molecule is CC(N)c1coc(NC2C3CC4CC(C3)CC2C4)n1. The first-order valence-electron chi connectivity index (χ1n) is 7.66. The lowest BCUT2D eigenvalue weighted by Crippen LogP contribution is -2.51. The number of nitrogens with two attached hydrogens (primary N) is 1. The molecule has 1 aromatic heterocycles. The molecule has 1 aromatic rings. The van der Waals surface area contributed by atoms with Crippen LogP contribution in [0.1, 0.15) is 50.8 Å². The Balaban J connectivity index is 1.50. The molecule has 4 aliphatic rings. The van der Waals surface area contributed by atoms with Gasteiger partial charge in [0, 0.05) is 12.1 Å². The first-order chi connectivity index (χ1) is 9.19. The number of nitrogens with one attached hydrogen (secondary N) is 1. The van der Waals surface area contributed by atoms with Crippen molar-refractivity contribution in [2.45, 2.75) is 51.1 Å². The van der Waals surface area contributed by atoms with Crippen LogP contribution < -0.4 is 11.1 Å². The van der Waals surface area contributed by atoms with Crippen molar-refractivity contribution in [2.75, 3.05) is 5.32 Å². The Morgan fingerprint density at radius 1 is 1.21 bits per heavy atom. The van der Waals surface area contributed by atoms with E-state index in [9.17, 15) is 0 Å². The molecule has 4 aliphatic carbocycles. The molecule has 1 heterocycles. The summed E-state index contributed by atoms with van der Waals surface area (Å²) in [5.74, 6) is 3.68. The highest BCUT2D eigenvalue weighted by Gasteiger charge is 2.48. The molecular weight excluding hydrogens is 238 g/mol. The zero-order valence-corrected chi connectivity index (χ0v) is 11.5. The minimum absolute atomic E-state index is 0.0576. The number of nitrogens with zero attached hydrogens (tertiary/aromatic N) is 1. The number of oxazole rings is 1. The van der Waals surface area contributed by atoms with Crippen LogP contribution in [0.3, 0.4) is 0 Å². The van der Waals surface area contributed by atoms with Crippen LogP contribution in [0, 0.1) is 23.7 Å². The van der Waals surface area contributed by atoms with Crippen molar-refractivity contribution in [3.63, 3.8) is 0 Å². The zero-order valence-electron chi connectivity index (χ0n) is 11.5. The van der Waals surface area contributed by atoms with E-state index >= 15 is 0 Å². The fourth-order valence-corrected chi connectivity index (χ4v) is 4.87. The Labute approximate surface area is 114 Å². The summed E-state index contributed by atoms with van der Waals surface area (Å²) in [5, 5.41) is 3.57. The van der Waals surface area contributed by atoms with E-state index in [-0.39, 0.29) is 6.04 Å². The zero-order chi connectivity index (χ0) is 13.0. The Kier molecular flexibility index (Phi) is 2.62. The molecule has 0 radical (unpaired) electrons.